The van der Waals surface area contributed by atoms with Crippen LogP contribution in [0.15, 0.2) is 48.5 Å². The molecule has 0 bridgehead atoms. The number of benzene rings is 2. The van der Waals surface area contributed by atoms with Crippen molar-refractivity contribution in [3.05, 3.63) is 54.1 Å². The fourth-order valence-corrected chi connectivity index (χ4v) is 1.90. The van der Waals surface area contributed by atoms with E-state index in [1.807, 2.05) is 36.4 Å². The Hall–Kier alpha value is -2.29. The standard InChI is InChI=1S/C17H19NO2/c1-2-3-12-20-16-10-8-14(9-11-16)13-4-6-15(7-5-13)17(18)19/h4-11H,2-3,12H2,1H3,(H2,18,19). The van der Waals surface area contributed by atoms with Gasteiger partial charge < -0.3 is 10.5 Å². The van der Waals surface area contributed by atoms with Crippen LogP contribution in [0.5, 0.6) is 5.75 Å². The second-order valence-corrected chi connectivity index (χ2v) is 4.67. The van der Waals surface area contributed by atoms with Crippen LogP contribution in [-0.4, -0.2) is 12.5 Å². The molecule has 0 spiro atoms. The summed E-state index contributed by atoms with van der Waals surface area (Å²) in [5.74, 6) is 0.479. The monoisotopic (exact) mass is 269 g/mol. The fourth-order valence-electron chi connectivity index (χ4n) is 1.90. The highest BCUT2D eigenvalue weighted by Crippen LogP contribution is 2.22. The Morgan fingerprint density at radius 1 is 1.00 bits per heavy atom. The van der Waals surface area contributed by atoms with Crippen molar-refractivity contribution in [3.8, 4) is 16.9 Å². The Morgan fingerprint density at radius 3 is 2.05 bits per heavy atom. The lowest BCUT2D eigenvalue weighted by Gasteiger charge is -2.07. The average molecular weight is 269 g/mol. The second kappa shape index (κ2) is 6.75. The zero-order valence-electron chi connectivity index (χ0n) is 11.6. The van der Waals surface area contributed by atoms with Gasteiger partial charge in [-0.2, -0.15) is 0 Å². The van der Waals surface area contributed by atoms with Crippen LogP contribution in [0.3, 0.4) is 0 Å². The van der Waals surface area contributed by atoms with Crippen molar-refractivity contribution in [2.45, 2.75) is 19.8 Å². The van der Waals surface area contributed by atoms with Crippen molar-refractivity contribution in [2.75, 3.05) is 6.61 Å². The van der Waals surface area contributed by atoms with Gasteiger partial charge in [0.25, 0.3) is 0 Å². The summed E-state index contributed by atoms with van der Waals surface area (Å²) in [5.41, 5.74) is 7.88. The molecular weight excluding hydrogens is 250 g/mol. The predicted molar refractivity (Wildman–Crippen MR) is 80.8 cm³/mol. The maximum Gasteiger partial charge on any atom is 0.248 e. The number of primary amides is 1. The SMILES string of the molecule is CCCCOc1ccc(-c2ccc(C(N)=O)cc2)cc1. The van der Waals surface area contributed by atoms with Gasteiger partial charge in [0.15, 0.2) is 0 Å². The van der Waals surface area contributed by atoms with Gasteiger partial charge in [-0.05, 0) is 41.8 Å². The van der Waals surface area contributed by atoms with E-state index in [1.165, 1.54) is 0 Å². The average Bonchev–Trinajstić information content (AvgIpc) is 2.48. The molecule has 0 fully saturated rings. The van der Waals surface area contributed by atoms with Crippen molar-refractivity contribution in [1.29, 1.82) is 0 Å². The van der Waals surface area contributed by atoms with Crippen molar-refractivity contribution >= 4 is 5.91 Å². The molecule has 0 saturated heterocycles. The number of rotatable bonds is 6. The minimum absolute atomic E-state index is 0.406. The third kappa shape index (κ3) is 3.60. The summed E-state index contributed by atoms with van der Waals surface area (Å²) in [4.78, 5) is 11.0. The zero-order valence-corrected chi connectivity index (χ0v) is 11.6. The van der Waals surface area contributed by atoms with E-state index in [-0.39, 0.29) is 0 Å². The molecule has 3 heteroatoms. The Kier molecular flexibility index (Phi) is 4.77. The molecule has 0 aliphatic carbocycles. The summed E-state index contributed by atoms with van der Waals surface area (Å²) >= 11 is 0. The first kappa shape index (κ1) is 14.1. The van der Waals surface area contributed by atoms with Crippen LogP contribution < -0.4 is 10.5 Å². The molecule has 2 aromatic carbocycles. The van der Waals surface area contributed by atoms with Crippen molar-refractivity contribution in [2.24, 2.45) is 5.73 Å². The van der Waals surface area contributed by atoms with E-state index >= 15 is 0 Å². The van der Waals surface area contributed by atoms with Gasteiger partial charge in [0, 0.05) is 5.56 Å². The molecule has 20 heavy (non-hydrogen) atoms. The molecule has 104 valence electrons. The third-order valence-corrected chi connectivity index (χ3v) is 3.12. The van der Waals surface area contributed by atoms with Crippen molar-refractivity contribution in [1.82, 2.24) is 0 Å². The second-order valence-electron chi connectivity index (χ2n) is 4.67. The lowest BCUT2D eigenvalue weighted by atomic mass is 10.0. The predicted octanol–water partition coefficient (Wildman–Crippen LogP) is 3.63. The minimum Gasteiger partial charge on any atom is -0.494 e. The van der Waals surface area contributed by atoms with E-state index in [4.69, 9.17) is 10.5 Å². The highest BCUT2D eigenvalue weighted by molar-refractivity contribution is 5.93. The Morgan fingerprint density at radius 2 is 1.55 bits per heavy atom. The van der Waals surface area contributed by atoms with Crippen LogP contribution in [0.1, 0.15) is 30.1 Å². The molecule has 0 saturated carbocycles. The normalized spacial score (nSPS) is 10.2. The fraction of sp³-hybridized carbons (Fsp3) is 0.235. The summed E-state index contributed by atoms with van der Waals surface area (Å²) in [6.45, 7) is 2.89. The first-order valence-electron chi connectivity index (χ1n) is 6.84. The maximum atomic E-state index is 11.0. The molecular formula is C17H19NO2. The van der Waals surface area contributed by atoms with Crippen LogP contribution in [0.25, 0.3) is 11.1 Å². The van der Waals surface area contributed by atoms with Gasteiger partial charge in [-0.15, -0.1) is 0 Å². The van der Waals surface area contributed by atoms with Crippen molar-refractivity contribution < 1.29 is 9.53 Å². The highest BCUT2D eigenvalue weighted by atomic mass is 16.5. The van der Waals surface area contributed by atoms with Gasteiger partial charge in [0.1, 0.15) is 5.75 Å². The van der Waals surface area contributed by atoms with Gasteiger partial charge >= 0.3 is 0 Å². The molecule has 2 rings (SSSR count). The first-order valence-corrected chi connectivity index (χ1v) is 6.84. The molecule has 0 aliphatic heterocycles. The molecule has 2 N–H and O–H groups in total. The Labute approximate surface area is 119 Å². The third-order valence-electron chi connectivity index (χ3n) is 3.12. The summed E-state index contributed by atoms with van der Waals surface area (Å²) in [5, 5.41) is 0. The molecule has 1 amide bonds. The topological polar surface area (TPSA) is 52.3 Å². The molecule has 0 unspecified atom stereocenters. The lowest BCUT2D eigenvalue weighted by molar-refractivity contribution is 0.100. The summed E-state index contributed by atoms with van der Waals surface area (Å²) in [6, 6.07) is 15.2. The van der Waals surface area contributed by atoms with Crippen LogP contribution >= 0.6 is 0 Å². The smallest absolute Gasteiger partial charge is 0.248 e. The molecule has 2 aromatic rings. The van der Waals surface area contributed by atoms with Crippen molar-refractivity contribution in [3.63, 3.8) is 0 Å². The number of nitrogens with two attached hydrogens (primary N) is 1. The molecule has 0 aliphatic rings. The van der Waals surface area contributed by atoms with Gasteiger partial charge in [-0.3, -0.25) is 4.79 Å². The number of ether oxygens (including phenoxy) is 1. The molecule has 3 nitrogen and oxygen atoms in total. The van der Waals surface area contributed by atoms with E-state index in [0.717, 1.165) is 36.3 Å². The maximum absolute atomic E-state index is 11.0. The van der Waals surface area contributed by atoms with Gasteiger partial charge in [0.05, 0.1) is 6.61 Å². The molecule has 0 heterocycles. The number of amides is 1. The quantitative estimate of drug-likeness (QED) is 0.814. The molecule has 0 atom stereocenters. The summed E-state index contributed by atoms with van der Waals surface area (Å²) in [6.07, 6.45) is 2.20. The van der Waals surface area contributed by atoms with Gasteiger partial charge in [-0.25, -0.2) is 0 Å². The highest BCUT2D eigenvalue weighted by Gasteiger charge is 2.02. The zero-order chi connectivity index (χ0) is 14.4. The lowest BCUT2D eigenvalue weighted by Crippen LogP contribution is -2.10. The number of carbonyl (C=O) groups is 1. The van der Waals surface area contributed by atoms with E-state index < -0.39 is 5.91 Å². The number of carbonyl (C=O) groups excluding carboxylic acids is 1. The summed E-state index contributed by atoms with van der Waals surface area (Å²) in [7, 11) is 0. The Bertz CT molecular complexity index is 559. The summed E-state index contributed by atoms with van der Waals surface area (Å²) < 4.78 is 5.63. The number of hydrogen-bond acceptors (Lipinski definition) is 2. The van der Waals surface area contributed by atoms with Crippen LogP contribution in [0, 0.1) is 0 Å². The molecule has 0 aromatic heterocycles. The van der Waals surface area contributed by atoms with E-state index in [0.29, 0.717) is 5.56 Å². The minimum atomic E-state index is -0.406. The number of hydrogen-bond donors (Lipinski definition) is 1. The number of unbranched alkanes of at least 4 members (excludes halogenated alkanes) is 1. The van der Waals surface area contributed by atoms with E-state index in [1.54, 1.807) is 12.1 Å². The van der Waals surface area contributed by atoms with Crippen LogP contribution in [0.4, 0.5) is 0 Å². The van der Waals surface area contributed by atoms with Crippen LogP contribution in [0.2, 0.25) is 0 Å². The van der Waals surface area contributed by atoms with Gasteiger partial charge in [0.2, 0.25) is 5.91 Å². The Balaban J connectivity index is 2.07. The van der Waals surface area contributed by atoms with Gasteiger partial charge in [-0.1, -0.05) is 37.6 Å². The largest absolute Gasteiger partial charge is 0.494 e. The van der Waals surface area contributed by atoms with E-state index in [2.05, 4.69) is 6.92 Å². The van der Waals surface area contributed by atoms with Crippen LogP contribution in [-0.2, 0) is 0 Å². The first-order chi connectivity index (χ1) is 9.70. The molecule has 0 radical (unpaired) electrons. The van der Waals surface area contributed by atoms with E-state index in [9.17, 15) is 4.79 Å².